The van der Waals surface area contributed by atoms with Crippen LogP contribution in [0.1, 0.15) is 82.8 Å². The molecule has 10 nitrogen and oxygen atoms in total. The van der Waals surface area contributed by atoms with E-state index in [1.807, 2.05) is 12.1 Å². The van der Waals surface area contributed by atoms with Gasteiger partial charge in [0.15, 0.2) is 5.69 Å². The van der Waals surface area contributed by atoms with Gasteiger partial charge in [-0.15, -0.1) is 0 Å². The highest BCUT2D eigenvalue weighted by Gasteiger charge is 2.38. The quantitative estimate of drug-likeness (QED) is 0.329. The molecule has 4 rings (SSSR count). The number of ether oxygens (including phenoxy) is 2. The van der Waals surface area contributed by atoms with Crippen molar-refractivity contribution in [3.63, 3.8) is 0 Å². The predicted molar refractivity (Wildman–Crippen MR) is 155 cm³/mol. The maximum absolute atomic E-state index is 14.3. The van der Waals surface area contributed by atoms with Crippen molar-refractivity contribution in [2.75, 3.05) is 24.9 Å². The Labute approximate surface area is 237 Å². The van der Waals surface area contributed by atoms with Gasteiger partial charge >= 0.3 is 0 Å². The first kappa shape index (κ1) is 28.9. The molecule has 2 aromatic carbocycles. The molecule has 1 aromatic heterocycles. The Morgan fingerprint density at radius 1 is 1.05 bits per heavy atom. The van der Waals surface area contributed by atoms with Crippen molar-refractivity contribution in [1.82, 2.24) is 9.69 Å². The summed E-state index contributed by atoms with van der Waals surface area (Å²) in [5.74, 6) is -0.669. The van der Waals surface area contributed by atoms with Crippen LogP contribution in [0.2, 0.25) is 0 Å². The van der Waals surface area contributed by atoms with Gasteiger partial charge in [-0.3, -0.25) is 19.3 Å². The molecular formula is C29H35N5O5S. The number of nitrogens with two attached hydrogens (primary N) is 2. The molecule has 5 N–H and O–H groups in total. The standard InChI is InChI=1S/C29H35N5O5S/c1-16(2)17-9-11-19(12-10-17)34(29(37)26-23(30)24(27(31)35)33-40-26)25(28(36)32-18-7-5-6-8-18)21-15-20(38-3)13-14-22(21)39-4/h9-16,18,25H,5-8,30H2,1-4H3,(H2,31,35)(H,32,36)/t25-/m0/s1. The van der Waals surface area contributed by atoms with E-state index in [1.165, 1.54) is 19.1 Å². The van der Waals surface area contributed by atoms with Gasteiger partial charge in [-0.2, -0.15) is 4.37 Å². The molecule has 1 aliphatic carbocycles. The summed E-state index contributed by atoms with van der Waals surface area (Å²) in [6.07, 6.45) is 3.75. The minimum Gasteiger partial charge on any atom is -0.497 e. The van der Waals surface area contributed by atoms with E-state index >= 15 is 0 Å². The molecular weight excluding hydrogens is 530 g/mol. The summed E-state index contributed by atoms with van der Waals surface area (Å²) in [4.78, 5) is 41.8. The van der Waals surface area contributed by atoms with Gasteiger partial charge in [0.25, 0.3) is 11.8 Å². The van der Waals surface area contributed by atoms with Crippen molar-refractivity contribution in [3.05, 3.63) is 64.2 Å². The van der Waals surface area contributed by atoms with E-state index in [9.17, 15) is 14.4 Å². The van der Waals surface area contributed by atoms with Gasteiger partial charge in [0, 0.05) is 17.3 Å². The van der Waals surface area contributed by atoms with Gasteiger partial charge < -0.3 is 26.3 Å². The molecule has 1 fully saturated rings. The summed E-state index contributed by atoms with van der Waals surface area (Å²) < 4.78 is 15.1. The van der Waals surface area contributed by atoms with Crippen molar-refractivity contribution in [3.8, 4) is 11.5 Å². The number of nitrogens with one attached hydrogen (secondary N) is 1. The van der Waals surface area contributed by atoms with E-state index in [0.717, 1.165) is 42.8 Å². The van der Waals surface area contributed by atoms with Crippen LogP contribution in [-0.4, -0.2) is 42.4 Å². The zero-order valence-corrected chi connectivity index (χ0v) is 23.9. The molecule has 0 unspecified atom stereocenters. The lowest BCUT2D eigenvalue weighted by Gasteiger charge is -2.33. The number of primary amides is 1. The third-order valence-corrected chi connectivity index (χ3v) is 8.00. The van der Waals surface area contributed by atoms with Crippen LogP contribution in [0, 0.1) is 0 Å². The maximum Gasteiger partial charge on any atom is 0.273 e. The van der Waals surface area contributed by atoms with Crippen LogP contribution in [-0.2, 0) is 4.79 Å². The molecule has 11 heteroatoms. The van der Waals surface area contributed by atoms with E-state index in [2.05, 4.69) is 23.5 Å². The largest absolute Gasteiger partial charge is 0.497 e. The highest BCUT2D eigenvalue weighted by Crippen LogP contribution is 2.39. The Morgan fingerprint density at radius 3 is 2.27 bits per heavy atom. The number of nitrogen functional groups attached to an aromatic ring is 1. The highest BCUT2D eigenvalue weighted by molar-refractivity contribution is 7.09. The zero-order valence-electron chi connectivity index (χ0n) is 23.1. The first-order valence-electron chi connectivity index (χ1n) is 13.2. The monoisotopic (exact) mass is 565 g/mol. The number of hydrogen-bond donors (Lipinski definition) is 3. The van der Waals surface area contributed by atoms with Crippen LogP contribution >= 0.6 is 11.5 Å². The molecule has 1 saturated carbocycles. The average molecular weight is 566 g/mol. The number of methoxy groups -OCH3 is 2. The van der Waals surface area contributed by atoms with E-state index in [0.29, 0.717) is 22.7 Å². The molecule has 1 heterocycles. The summed E-state index contributed by atoms with van der Waals surface area (Å²) in [7, 11) is 3.03. The number of aromatic nitrogens is 1. The van der Waals surface area contributed by atoms with Crippen LogP contribution < -0.4 is 31.2 Å². The third kappa shape index (κ3) is 5.89. The molecule has 0 radical (unpaired) electrons. The van der Waals surface area contributed by atoms with Crippen LogP contribution in [0.25, 0.3) is 0 Å². The van der Waals surface area contributed by atoms with Gasteiger partial charge in [-0.05, 0) is 66.2 Å². The summed E-state index contributed by atoms with van der Waals surface area (Å²) in [6.45, 7) is 4.14. The Kier molecular flexibility index (Phi) is 8.93. The van der Waals surface area contributed by atoms with E-state index in [4.69, 9.17) is 20.9 Å². The van der Waals surface area contributed by atoms with Crippen LogP contribution in [0.5, 0.6) is 11.5 Å². The van der Waals surface area contributed by atoms with Crippen molar-refractivity contribution in [1.29, 1.82) is 0 Å². The second-order valence-corrected chi connectivity index (χ2v) is 10.8. The van der Waals surface area contributed by atoms with Crippen molar-refractivity contribution >= 4 is 40.6 Å². The fourth-order valence-electron chi connectivity index (χ4n) is 4.94. The molecule has 3 amide bonds. The molecule has 0 spiro atoms. The minimum atomic E-state index is -1.17. The number of amides is 3. The lowest BCUT2D eigenvalue weighted by molar-refractivity contribution is -0.123. The highest BCUT2D eigenvalue weighted by atomic mass is 32.1. The Morgan fingerprint density at radius 2 is 1.73 bits per heavy atom. The normalized spacial score (nSPS) is 14.1. The zero-order chi connectivity index (χ0) is 29.0. The first-order valence-corrected chi connectivity index (χ1v) is 13.9. The molecule has 40 heavy (non-hydrogen) atoms. The minimum absolute atomic E-state index is 0.00210. The molecule has 1 aliphatic rings. The summed E-state index contributed by atoms with van der Waals surface area (Å²) >= 11 is 0.764. The SMILES string of the molecule is COc1ccc(OC)c([C@@H](C(=O)NC2CCCC2)N(C(=O)c2snc(C(N)=O)c2N)c2ccc(C(C)C)cc2)c1. The Hall–Kier alpha value is -4.12. The van der Waals surface area contributed by atoms with Crippen molar-refractivity contribution in [2.24, 2.45) is 5.73 Å². The van der Waals surface area contributed by atoms with Crippen LogP contribution in [0.4, 0.5) is 11.4 Å². The lowest BCUT2D eigenvalue weighted by atomic mass is 9.99. The summed E-state index contributed by atoms with van der Waals surface area (Å²) in [5.41, 5.74) is 13.3. The lowest BCUT2D eigenvalue weighted by Crippen LogP contribution is -2.46. The molecule has 0 bridgehead atoms. The molecule has 0 saturated heterocycles. The van der Waals surface area contributed by atoms with E-state index in [-0.39, 0.29) is 34.1 Å². The maximum atomic E-state index is 14.3. The van der Waals surface area contributed by atoms with Crippen molar-refractivity contribution in [2.45, 2.75) is 57.5 Å². The molecule has 0 aliphatic heterocycles. The molecule has 212 valence electrons. The number of rotatable bonds is 10. The van der Waals surface area contributed by atoms with Gasteiger partial charge in [-0.1, -0.05) is 38.8 Å². The third-order valence-electron chi connectivity index (χ3n) is 7.15. The number of carbonyl (C=O) groups is 3. The summed E-state index contributed by atoms with van der Waals surface area (Å²) in [5, 5.41) is 3.14. The fraction of sp³-hybridized carbons (Fsp3) is 0.379. The van der Waals surface area contributed by atoms with Gasteiger partial charge in [0.1, 0.15) is 22.4 Å². The van der Waals surface area contributed by atoms with E-state index in [1.54, 1.807) is 30.3 Å². The number of nitrogens with zero attached hydrogens (tertiary/aromatic N) is 2. The topological polar surface area (TPSA) is 150 Å². The number of benzene rings is 2. The summed E-state index contributed by atoms with van der Waals surface area (Å²) in [6, 6.07) is 11.3. The Balaban J connectivity index is 1.93. The number of hydrogen-bond acceptors (Lipinski definition) is 8. The Bertz CT molecular complexity index is 1380. The second kappa shape index (κ2) is 12.4. The molecule has 3 aromatic rings. The van der Waals surface area contributed by atoms with Crippen LogP contribution in [0.3, 0.4) is 0 Å². The molecule has 1 atom stereocenters. The first-order chi connectivity index (χ1) is 19.2. The smallest absolute Gasteiger partial charge is 0.273 e. The number of anilines is 2. The van der Waals surface area contributed by atoms with Gasteiger partial charge in [-0.25, -0.2) is 0 Å². The fourth-order valence-corrected chi connectivity index (χ4v) is 5.69. The average Bonchev–Trinajstić information content (AvgIpc) is 3.60. The van der Waals surface area contributed by atoms with Gasteiger partial charge in [0.2, 0.25) is 5.91 Å². The van der Waals surface area contributed by atoms with Crippen LogP contribution in [0.15, 0.2) is 42.5 Å². The van der Waals surface area contributed by atoms with Crippen molar-refractivity contribution < 1.29 is 23.9 Å². The predicted octanol–water partition coefficient (Wildman–Crippen LogP) is 4.41. The number of carbonyl (C=O) groups excluding carboxylic acids is 3. The van der Waals surface area contributed by atoms with E-state index < -0.39 is 17.9 Å². The van der Waals surface area contributed by atoms with Gasteiger partial charge in [0.05, 0.1) is 19.9 Å². The second-order valence-electron chi connectivity index (χ2n) is 10.1.